The SMILES string of the molecule is O=C(NCC(O)CN1CCc2ccccc2C1)c1ccnc(NC2CCCCC2)c1. The summed E-state index contributed by atoms with van der Waals surface area (Å²) >= 11 is 0. The standard InChI is InChI=1S/C24H32N4O2/c29-22(17-28-13-11-18-6-4-5-7-20(18)16-28)15-26-24(30)19-10-12-25-23(14-19)27-21-8-2-1-3-9-21/h4-7,10,12,14,21-22,29H,1-3,8-9,11,13,15-17H2,(H,25,27)(H,26,30). The summed E-state index contributed by atoms with van der Waals surface area (Å²) in [5.41, 5.74) is 3.30. The van der Waals surface area contributed by atoms with E-state index in [0.29, 0.717) is 18.2 Å². The molecule has 0 saturated heterocycles. The Morgan fingerprint density at radius 3 is 2.80 bits per heavy atom. The first-order valence-electron chi connectivity index (χ1n) is 11.2. The molecule has 1 fully saturated rings. The van der Waals surface area contributed by atoms with Crippen LogP contribution in [-0.2, 0) is 13.0 Å². The summed E-state index contributed by atoms with van der Waals surface area (Å²) in [4.78, 5) is 19.2. The Morgan fingerprint density at radius 1 is 1.17 bits per heavy atom. The molecule has 0 bridgehead atoms. The fraction of sp³-hybridized carbons (Fsp3) is 0.500. The Morgan fingerprint density at radius 2 is 1.97 bits per heavy atom. The molecule has 6 heteroatoms. The lowest BCUT2D eigenvalue weighted by molar-refractivity contribution is 0.0842. The maximum Gasteiger partial charge on any atom is 0.251 e. The van der Waals surface area contributed by atoms with Gasteiger partial charge in [0.15, 0.2) is 0 Å². The zero-order valence-electron chi connectivity index (χ0n) is 17.5. The predicted molar refractivity (Wildman–Crippen MR) is 118 cm³/mol. The van der Waals surface area contributed by atoms with Crippen LogP contribution in [0.15, 0.2) is 42.6 Å². The van der Waals surface area contributed by atoms with Gasteiger partial charge in [-0.25, -0.2) is 4.98 Å². The van der Waals surface area contributed by atoms with Crippen LogP contribution in [-0.4, -0.2) is 52.7 Å². The Balaban J connectivity index is 1.24. The lowest BCUT2D eigenvalue weighted by Gasteiger charge is -2.30. The van der Waals surface area contributed by atoms with Gasteiger partial charge in [-0.05, 0) is 42.5 Å². The van der Waals surface area contributed by atoms with Crippen LogP contribution in [0, 0.1) is 0 Å². The number of hydrogen-bond donors (Lipinski definition) is 3. The van der Waals surface area contributed by atoms with Crippen molar-refractivity contribution in [2.45, 2.75) is 57.2 Å². The number of β-amino-alcohol motifs (C(OH)–C–C–N with tert-alkyl or cyclic N) is 1. The second kappa shape index (κ2) is 10.0. The van der Waals surface area contributed by atoms with Gasteiger partial charge in [-0.3, -0.25) is 9.69 Å². The molecule has 1 unspecified atom stereocenters. The fourth-order valence-electron chi connectivity index (χ4n) is 4.49. The van der Waals surface area contributed by atoms with Crippen molar-refractivity contribution < 1.29 is 9.90 Å². The second-order valence-electron chi connectivity index (χ2n) is 8.53. The van der Waals surface area contributed by atoms with Gasteiger partial charge >= 0.3 is 0 Å². The van der Waals surface area contributed by atoms with Gasteiger partial charge < -0.3 is 15.7 Å². The molecule has 2 aromatic rings. The van der Waals surface area contributed by atoms with E-state index in [9.17, 15) is 9.90 Å². The first kappa shape index (κ1) is 20.8. The van der Waals surface area contributed by atoms with Crippen LogP contribution in [0.25, 0.3) is 0 Å². The van der Waals surface area contributed by atoms with Gasteiger partial charge in [-0.2, -0.15) is 0 Å². The zero-order valence-corrected chi connectivity index (χ0v) is 17.5. The topological polar surface area (TPSA) is 77.5 Å². The molecular formula is C24H32N4O2. The maximum absolute atomic E-state index is 12.6. The summed E-state index contributed by atoms with van der Waals surface area (Å²) in [5.74, 6) is 0.578. The summed E-state index contributed by atoms with van der Waals surface area (Å²) in [7, 11) is 0. The Labute approximate surface area is 178 Å². The van der Waals surface area contributed by atoms with Crippen molar-refractivity contribution in [1.82, 2.24) is 15.2 Å². The maximum atomic E-state index is 12.6. The molecule has 0 radical (unpaired) electrons. The highest BCUT2D eigenvalue weighted by atomic mass is 16.3. The highest BCUT2D eigenvalue weighted by Gasteiger charge is 2.19. The number of nitrogens with one attached hydrogen (secondary N) is 2. The number of fused-ring (bicyclic) bond motifs is 1. The van der Waals surface area contributed by atoms with Crippen molar-refractivity contribution in [3.8, 4) is 0 Å². The van der Waals surface area contributed by atoms with Crippen LogP contribution in [0.1, 0.15) is 53.6 Å². The van der Waals surface area contributed by atoms with Crippen molar-refractivity contribution >= 4 is 11.7 Å². The molecule has 1 aromatic carbocycles. The van der Waals surface area contributed by atoms with E-state index in [2.05, 4.69) is 44.8 Å². The van der Waals surface area contributed by atoms with E-state index in [0.717, 1.165) is 38.2 Å². The minimum absolute atomic E-state index is 0.174. The zero-order chi connectivity index (χ0) is 20.8. The summed E-state index contributed by atoms with van der Waals surface area (Å²) in [5, 5.41) is 16.8. The van der Waals surface area contributed by atoms with Gasteiger partial charge in [0.1, 0.15) is 5.82 Å². The van der Waals surface area contributed by atoms with Crippen LogP contribution in [0.5, 0.6) is 0 Å². The minimum atomic E-state index is -0.596. The lowest BCUT2D eigenvalue weighted by atomic mass is 9.95. The predicted octanol–water partition coefficient (Wildman–Crippen LogP) is 2.98. The van der Waals surface area contributed by atoms with E-state index in [1.165, 1.54) is 30.4 Å². The summed E-state index contributed by atoms with van der Waals surface area (Å²) in [6.45, 7) is 2.58. The number of carbonyl (C=O) groups excluding carboxylic acids is 1. The largest absolute Gasteiger partial charge is 0.390 e. The molecule has 1 aliphatic carbocycles. The van der Waals surface area contributed by atoms with Crippen molar-refractivity contribution in [2.75, 3.05) is 25.0 Å². The number of aliphatic hydroxyl groups excluding tert-OH is 1. The molecule has 1 atom stereocenters. The highest BCUT2D eigenvalue weighted by molar-refractivity contribution is 5.94. The number of carbonyl (C=O) groups is 1. The Hall–Kier alpha value is -2.44. The highest BCUT2D eigenvalue weighted by Crippen LogP contribution is 2.21. The molecule has 2 heterocycles. The number of aromatic nitrogens is 1. The van der Waals surface area contributed by atoms with Gasteiger partial charge in [0, 0.05) is 44.0 Å². The Kier molecular flexibility index (Phi) is 6.97. The second-order valence-corrected chi connectivity index (χ2v) is 8.53. The van der Waals surface area contributed by atoms with Crippen molar-refractivity contribution in [2.24, 2.45) is 0 Å². The van der Waals surface area contributed by atoms with Crippen molar-refractivity contribution in [1.29, 1.82) is 0 Å². The molecular weight excluding hydrogens is 376 g/mol. The van der Waals surface area contributed by atoms with Crippen LogP contribution in [0.4, 0.5) is 5.82 Å². The average molecular weight is 409 g/mol. The molecule has 4 rings (SSSR count). The number of amides is 1. The number of benzene rings is 1. The molecule has 1 aromatic heterocycles. The van der Waals surface area contributed by atoms with E-state index in [-0.39, 0.29) is 12.5 Å². The number of hydrogen-bond acceptors (Lipinski definition) is 5. The van der Waals surface area contributed by atoms with Gasteiger partial charge in [-0.1, -0.05) is 43.5 Å². The smallest absolute Gasteiger partial charge is 0.251 e. The van der Waals surface area contributed by atoms with Gasteiger partial charge in [0.25, 0.3) is 5.91 Å². The third-order valence-corrected chi connectivity index (χ3v) is 6.16. The lowest BCUT2D eigenvalue weighted by Crippen LogP contribution is -2.42. The quantitative estimate of drug-likeness (QED) is 0.657. The molecule has 6 nitrogen and oxygen atoms in total. The fourth-order valence-corrected chi connectivity index (χ4v) is 4.49. The number of pyridine rings is 1. The first-order chi connectivity index (χ1) is 14.7. The minimum Gasteiger partial charge on any atom is -0.390 e. The van der Waals surface area contributed by atoms with Gasteiger partial charge in [0.05, 0.1) is 6.10 Å². The van der Waals surface area contributed by atoms with Gasteiger partial charge in [0.2, 0.25) is 0 Å². The number of rotatable bonds is 7. The van der Waals surface area contributed by atoms with Crippen LogP contribution >= 0.6 is 0 Å². The number of anilines is 1. The molecule has 0 spiro atoms. The molecule has 30 heavy (non-hydrogen) atoms. The third kappa shape index (κ3) is 5.58. The molecule has 1 saturated carbocycles. The van der Waals surface area contributed by atoms with E-state index in [1.807, 2.05) is 0 Å². The molecule has 1 aliphatic heterocycles. The van der Waals surface area contributed by atoms with Crippen molar-refractivity contribution in [3.63, 3.8) is 0 Å². The summed E-state index contributed by atoms with van der Waals surface area (Å²) in [6, 6.07) is 12.4. The molecule has 160 valence electrons. The number of aliphatic hydroxyl groups is 1. The van der Waals surface area contributed by atoms with Crippen molar-refractivity contribution in [3.05, 3.63) is 59.3 Å². The average Bonchev–Trinajstić information content (AvgIpc) is 2.78. The third-order valence-electron chi connectivity index (χ3n) is 6.16. The number of nitrogens with zero attached hydrogens (tertiary/aromatic N) is 2. The monoisotopic (exact) mass is 408 g/mol. The Bertz CT molecular complexity index is 851. The van der Waals surface area contributed by atoms with Crippen LogP contribution in [0.2, 0.25) is 0 Å². The van der Waals surface area contributed by atoms with Crippen LogP contribution in [0.3, 0.4) is 0 Å². The van der Waals surface area contributed by atoms with E-state index >= 15 is 0 Å². The summed E-state index contributed by atoms with van der Waals surface area (Å²) < 4.78 is 0. The molecule has 2 aliphatic rings. The molecule has 3 N–H and O–H groups in total. The molecule has 1 amide bonds. The van der Waals surface area contributed by atoms with E-state index < -0.39 is 6.10 Å². The van der Waals surface area contributed by atoms with E-state index in [1.54, 1.807) is 18.3 Å². The van der Waals surface area contributed by atoms with Gasteiger partial charge in [-0.15, -0.1) is 0 Å². The first-order valence-corrected chi connectivity index (χ1v) is 11.2. The van der Waals surface area contributed by atoms with Crippen LogP contribution < -0.4 is 10.6 Å². The summed E-state index contributed by atoms with van der Waals surface area (Å²) in [6.07, 6.45) is 8.19. The van der Waals surface area contributed by atoms with E-state index in [4.69, 9.17) is 0 Å². The normalized spacial score (nSPS) is 18.4.